The van der Waals surface area contributed by atoms with Crippen LogP contribution in [0.15, 0.2) is 46.3 Å². The lowest BCUT2D eigenvalue weighted by Crippen LogP contribution is -2.40. The summed E-state index contributed by atoms with van der Waals surface area (Å²) in [6, 6.07) is 6.69. The second kappa shape index (κ2) is 16.4. The molecular weight excluding hydrogens is 641 g/mol. The number of hydrogen-bond acceptors (Lipinski definition) is 6. The fourth-order valence-corrected chi connectivity index (χ4v) is 5.43. The summed E-state index contributed by atoms with van der Waals surface area (Å²) in [6.07, 6.45) is 0.165. The first-order valence-electron chi connectivity index (χ1n) is 14.0. The summed E-state index contributed by atoms with van der Waals surface area (Å²) in [5.41, 5.74) is 7.22. The van der Waals surface area contributed by atoms with Gasteiger partial charge in [-0.15, -0.1) is 0 Å². The number of halogens is 5. The number of aryl methyl sites for hydroxylation is 1. The maximum atomic E-state index is 13.5. The molecule has 0 bridgehead atoms. The average Bonchev–Trinajstić information content (AvgIpc) is 2.96. The van der Waals surface area contributed by atoms with Crippen molar-refractivity contribution in [1.82, 2.24) is 9.62 Å². The van der Waals surface area contributed by atoms with E-state index in [-0.39, 0.29) is 28.8 Å². The minimum absolute atomic E-state index is 0.0322. The van der Waals surface area contributed by atoms with Crippen LogP contribution in [-0.4, -0.2) is 67.9 Å². The number of aliphatic carboxylic acids is 1. The number of aliphatic imine (C=N–C) groups is 1. The van der Waals surface area contributed by atoms with E-state index in [9.17, 15) is 40.0 Å². The van der Waals surface area contributed by atoms with Crippen LogP contribution < -0.4 is 16.4 Å². The van der Waals surface area contributed by atoms with E-state index in [1.807, 2.05) is 0 Å². The third-order valence-electron chi connectivity index (χ3n) is 6.98. The van der Waals surface area contributed by atoms with Gasteiger partial charge in [0, 0.05) is 19.8 Å². The Bertz CT molecular complexity index is 1540. The highest BCUT2D eigenvalue weighted by Gasteiger charge is 2.38. The predicted molar refractivity (Wildman–Crippen MR) is 159 cm³/mol. The van der Waals surface area contributed by atoms with Crippen molar-refractivity contribution in [3.63, 3.8) is 0 Å². The van der Waals surface area contributed by atoms with E-state index >= 15 is 0 Å². The van der Waals surface area contributed by atoms with Gasteiger partial charge in [0.2, 0.25) is 21.8 Å². The number of benzene rings is 2. The highest BCUT2D eigenvalue weighted by molar-refractivity contribution is 7.89. The zero-order chi connectivity index (χ0) is 34.8. The number of amides is 2. The van der Waals surface area contributed by atoms with Crippen molar-refractivity contribution in [2.75, 3.05) is 19.4 Å². The Hall–Kier alpha value is -4.12. The van der Waals surface area contributed by atoms with Crippen molar-refractivity contribution in [2.24, 2.45) is 16.6 Å². The SMILES string of the molecule is Cc1ccc(S(=O)(=O)N(C)C)cc1NC(=O)[C@@H](CC1CCCCC1)N=C(N)NC(=O)Cc1ccc(F)c(F)c1.O=C(O)C(F)(F)F. The molecule has 1 aliphatic rings. The molecule has 0 saturated heterocycles. The number of sulfonamides is 1. The van der Waals surface area contributed by atoms with E-state index in [0.29, 0.717) is 17.7 Å². The van der Waals surface area contributed by atoms with Crippen LogP contribution in [0.1, 0.15) is 49.7 Å². The van der Waals surface area contributed by atoms with E-state index in [4.69, 9.17) is 15.6 Å². The summed E-state index contributed by atoms with van der Waals surface area (Å²) in [4.78, 5) is 39.1. The van der Waals surface area contributed by atoms with Crippen LogP contribution in [0.3, 0.4) is 0 Å². The van der Waals surface area contributed by atoms with Gasteiger partial charge in [-0.1, -0.05) is 44.2 Å². The minimum atomic E-state index is -5.08. The number of carbonyl (C=O) groups is 3. The van der Waals surface area contributed by atoms with Crippen molar-refractivity contribution >= 4 is 39.5 Å². The zero-order valence-corrected chi connectivity index (χ0v) is 26.1. The number of carboxylic acids is 1. The van der Waals surface area contributed by atoms with E-state index in [2.05, 4.69) is 15.6 Å². The molecule has 11 nitrogen and oxygen atoms in total. The van der Waals surface area contributed by atoms with Crippen molar-refractivity contribution in [3.05, 3.63) is 59.2 Å². The number of alkyl halides is 3. The lowest BCUT2D eigenvalue weighted by molar-refractivity contribution is -0.192. The number of carbonyl (C=O) groups excluding carboxylic acids is 2. The average molecular weight is 678 g/mol. The fourth-order valence-electron chi connectivity index (χ4n) is 4.50. The molecule has 1 saturated carbocycles. The lowest BCUT2D eigenvalue weighted by Gasteiger charge is -2.25. The number of carboxylic acid groups (broad SMARTS) is 1. The van der Waals surface area contributed by atoms with Crippen LogP contribution in [0.2, 0.25) is 0 Å². The zero-order valence-electron chi connectivity index (χ0n) is 25.3. The Labute approximate surface area is 263 Å². The van der Waals surface area contributed by atoms with Crippen molar-refractivity contribution in [2.45, 2.75) is 69.0 Å². The van der Waals surface area contributed by atoms with Crippen molar-refractivity contribution in [3.8, 4) is 0 Å². The first-order valence-corrected chi connectivity index (χ1v) is 15.5. The second-order valence-corrected chi connectivity index (χ2v) is 13.0. The molecule has 2 amide bonds. The maximum Gasteiger partial charge on any atom is 0.490 e. The van der Waals surface area contributed by atoms with E-state index in [1.54, 1.807) is 13.0 Å². The smallest absolute Gasteiger partial charge is 0.475 e. The molecule has 2 aromatic rings. The molecule has 3 rings (SSSR count). The largest absolute Gasteiger partial charge is 0.490 e. The molecule has 1 atom stereocenters. The molecule has 0 heterocycles. The molecule has 0 aromatic heterocycles. The van der Waals surface area contributed by atoms with Gasteiger partial charge in [-0.05, 0) is 54.7 Å². The number of anilines is 1. The third kappa shape index (κ3) is 11.7. The van der Waals surface area contributed by atoms with Crippen molar-refractivity contribution < 1.29 is 49.9 Å². The fraction of sp³-hybridized carbons (Fsp3) is 0.448. The number of rotatable bonds is 9. The predicted octanol–water partition coefficient (Wildman–Crippen LogP) is 4.11. The van der Waals surface area contributed by atoms with Gasteiger partial charge in [0.25, 0.3) is 0 Å². The van der Waals surface area contributed by atoms with Crippen LogP contribution in [-0.2, 0) is 30.8 Å². The summed E-state index contributed by atoms with van der Waals surface area (Å²) >= 11 is 0. The summed E-state index contributed by atoms with van der Waals surface area (Å²) in [7, 11) is -0.870. The van der Waals surface area contributed by atoms with Gasteiger partial charge in [0.1, 0.15) is 6.04 Å². The molecule has 0 unspecified atom stereocenters. The molecule has 0 radical (unpaired) electrons. The van der Waals surface area contributed by atoms with Gasteiger partial charge in [-0.3, -0.25) is 14.9 Å². The molecule has 0 aliphatic heterocycles. The summed E-state index contributed by atoms with van der Waals surface area (Å²) in [5, 5.41) is 12.3. The molecule has 0 spiro atoms. The number of nitrogens with two attached hydrogens (primary N) is 1. The monoisotopic (exact) mass is 677 g/mol. The van der Waals surface area contributed by atoms with Crippen LogP contribution in [0.25, 0.3) is 0 Å². The van der Waals surface area contributed by atoms with E-state index in [0.717, 1.165) is 48.5 Å². The van der Waals surface area contributed by atoms with Crippen LogP contribution in [0.4, 0.5) is 27.6 Å². The summed E-state index contributed by atoms with van der Waals surface area (Å²) < 4.78 is 84.6. The van der Waals surface area contributed by atoms with Gasteiger partial charge < -0.3 is 16.2 Å². The number of guanidine groups is 1. The van der Waals surface area contributed by atoms with Crippen molar-refractivity contribution in [1.29, 1.82) is 0 Å². The normalized spacial score (nSPS) is 15.0. The van der Waals surface area contributed by atoms with Gasteiger partial charge in [0.05, 0.1) is 11.3 Å². The van der Waals surface area contributed by atoms with Gasteiger partial charge in [0.15, 0.2) is 17.6 Å². The summed E-state index contributed by atoms with van der Waals surface area (Å²) in [5.74, 6) is -5.96. The Morgan fingerprint density at radius 1 is 1.04 bits per heavy atom. The maximum absolute atomic E-state index is 13.5. The third-order valence-corrected chi connectivity index (χ3v) is 8.79. The minimum Gasteiger partial charge on any atom is -0.475 e. The van der Waals surface area contributed by atoms with E-state index in [1.165, 1.54) is 32.3 Å². The number of nitrogens with one attached hydrogen (secondary N) is 2. The van der Waals surface area contributed by atoms with Crippen LogP contribution in [0, 0.1) is 24.5 Å². The Morgan fingerprint density at radius 2 is 1.65 bits per heavy atom. The number of nitrogens with zero attached hydrogens (tertiary/aromatic N) is 2. The molecule has 2 aromatic carbocycles. The van der Waals surface area contributed by atoms with Gasteiger partial charge in [-0.2, -0.15) is 13.2 Å². The van der Waals surface area contributed by atoms with Gasteiger partial charge >= 0.3 is 12.1 Å². The standard InChI is InChI=1S/C27H35F2N5O4S.C2HF3O2/c1-17-9-11-20(39(37,38)34(2)3)16-23(17)31-26(36)24(14-18-7-5-4-6-8-18)32-27(30)33-25(35)15-19-10-12-21(28)22(29)13-19;3-2(4,5)1(6)7/h9-13,16,18,24H,4-8,14-15H2,1-3H3,(H,31,36)(H3,30,32,33,35);(H,6,7)/t24-;/m1./s1. The summed E-state index contributed by atoms with van der Waals surface area (Å²) in [6.45, 7) is 1.74. The molecule has 17 heteroatoms. The molecule has 5 N–H and O–H groups in total. The first-order chi connectivity index (χ1) is 21.3. The Balaban J connectivity index is 0.000000942. The quantitative estimate of drug-likeness (QED) is 0.176. The van der Waals surface area contributed by atoms with Crippen LogP contribution >= 0.6 is 0 Å². The molecule has 1 aliphatic carbocycles. The Kier molecular flexibility index (Phi) is 13.6. The molecule has 1 fully saturated rings. The van der Waals surface area contributed by atoms with Gasteiger partial charge in [-0.25, -0.2) is 31.3 Å². The lowest BCUT2D eigenvalue weighted by atomic mass is 9.84. The highest BCUT2D eigenvalue weighted by atomic mass is 32.2. The highest BCUT2D eigenvalue weighted by Crippen LogP contribution is 2.29. The molecular formula is C29H36F5N5O6S. The first kappa shape index (κ1) is 38.1. The molecule has 46 heavy (non-hydrogen) atoms. The van der Waals surface area contributed by atoms with E-state index < -0.39 is 51.7 Å². The molecule has 254 valence electrons. The Morgan fingerprint density at radius 3 is 2.20 bits per heavy atom. The number of hydrogen-bond donors (Lipinski definition) is 4. The van der Waals surface area contributed by atoms with Crippen LogP contribution in [0.5, 0.6) is 0 Å². The topological polar surface area (TPSA) is 171 Å². The second-order valence-electron chi connectivity index (χ2n) is 10.8.